The Hall–Kier alpha value is -2.13. The monoisotopic (exact) mass is 395 g/mol. The van der Waals surface area contributed by atoms with E-state index in [2.05, 4.69) is 24.8 Å². The average Bonchev–Trinajstić information content (AvgIpc) is 2.73. The van der Waals surface area contributed by atoms with Gasteiger partial charge in [0.25, 0.3) is 0 Å². The fourth-order valence-corrected chi connectivity index (χ4v) is 4.93. The predicted octanol–water partition coefficient (Wildman–Crippen LogP) is 7.28. The molecule has 0 radical (unpaired) electrons. The van der Waals surface area contributed by atoms with Gasteiger partial charge in [-0.3, -0.25) is 0 Å². The van der Waals surface area contributed by atoms with E-state index < -0.39 is 17.2 Å². The lowest BCUT2D eigenvalue weighted by molar-refractivity contribution is 0.294. The van der Waals surface area contributed by atoms with Gasteiger partial charge in [-0.05, 0) is 92.9 Å². The zero-order chi connectivity index (χ0) is 20.6. The van der Waals surface area contributed by atoms with Gasteiger partial charge in [0, 0.05) is 5.92 Å². The zero-order valence-electron chi connectivity index (χ0n) is 17.4. The summed E-state index contributed by atoms with van der Waals surface area (Å²) in [7, 11) is 0. The molecule has 1 nitrogen and oxygen atoms in total. The van der Waals surface area contributed by atoms with Crippen molar-refractivity contribution in [3.63, 3.8) is 0 Å². The van der Waals surface area contributed by atoms with Crippen molar-refractivity contribution in [3.05, 3.63) is 47.0 Å². The van der Waals surface area contributed by atoms with Crippen molar-refractivity contribution in [1.29, 1.82) is 5.26 Å². The normalized spacial score (nSPS) is 27.2. The Morgan fingerprint density at radius 3 is 2.24 bits per heavy atom. The van der Waals surface area contributed by atoms with E-state index in [1.807, 2.05) is 6.08 Å². The Kier molecular flexibility index (Phi) is 7.88. The van der Waals surface area contributed by atoms with Crippen LogP contribution in [0.5, 0.6) is 0 Å². The Morgan fingerprint density at radius 1 is 1.00 bits per heavy atom. The summed E-state index contributed by atoms with van der Waals surface area (Å²) < 4.78 is 27.7. The summed E-state index contributed by atoms with van der Waals surface area (Å²) in [5.74, 6) is 7.25. The van der Waals surface area contributed by atoms with Crippen LogP contribution in [0.4, 0.5) is 8.78 Å². The molecule has 0 aromatic heterocycles. The third kappa shape index (κ3) is 5.93. The molecule has 29 heavy (non-hydrogen) atoms. The topological polar surface area (TPSA) is 23.8 Å². The third-order valence-corrected chi connectivity index (χ3v) is 6.70. The molecule has 0 N–H and O–H groups in total. The van der Waals surface area contributed by atoms with E-state index in [0.29, 0.717) is 17.4 Å². The van der Waals surface area contributed by atoms with Crippen LogP contribution < -0.4 is 0 Å². The van der Waals surface area contributed by atoms with Gasteiger partial charge in [-0.2, -0.15) is 5.26 Å². The highest BCUT2D eigenvalue weighted by Crippen LogP contribution is 2.36. The Morgan fingerprint density at radius 2 is 1.66 bits per heavy atom. The minimum atomic E-state index is -0.752. The summed E-state index contributed by atoms with van der Waals surface area (Å²) in [6.45, 7) is 2.27. The highest BCUT2D eigenvalue weighted by Gasteiger charge is 2.23. The van der Waals surface area contributed by atoms with E-state index in [0.717, 1.165) is 31.6 Å². The SMILES string of the molecule is CCC[C@H]1CC[C@H](/C=C/C#C[C@H]2CC[C@H](c3cc(F)c(C#N)c(F)c3)CC2)CC1. The van der Waals surface area contributed by atoms with E-state index in [-0.39, 0.29) is 5.92 Å². The van der Waals surface area contributed by atoms with Crippen LogP contribution in [0.3, 0.4) is 0 Å². The van der Waals surface area contributed by atoms with Gasteiger partial charge in [-0.15, -0.1) is 0 Å². The van der Waals surface area contributed by atoms with Crippen molar-refractivity contribution in [1.82, 2.24) is 0 Å². The lowest BCUT2D eigenvalue weighted by atomic mass is 9.78. The number of benzene rings is 1. The molecule has 2 fully saturated rings. The highest BCUT2D eigenvalue weighted by atomic mass is 19.1. The molecule has 0 bridgehead atoms. The second kappa shape index (κ2) is 10.6. The summed E-state index contributed by atoms with van der Waals surface area (Å²) >= 11 is 0. The predicted molar refractivity (Wildman–Crippen MR) is 113 cm³/mol. The first-order valence-electron chi connectivity index (χ1n) is 11.2. The van der Waals surface area contributed by atoms with Gasteiger partial charge in [-0.25, -0.2) is 8.78 Å². The van der Waals surface area contributed by atoms with Crippen LogP contribution in [0.25, 0.3) is 0 Å². The quantitative estimate of drug-likeness (QED) is 0.492. The molecule has 0 saturated heterocycles. The van der Waals surface area contributed by atoms with Crippen molar-refractivity contribution in [2.75, 3.05) is 0 Å². The number of allylic oxidation sites excluding steroid dienone is 2. The largest absolute Gasteiger partial charge is 0.205 e. The number of nitriles is 1. The molecular formula is C26H31F2N. The summed E-state index contributed by atoms with van der Waals surface area (Å²) in [5, 5.41) is 8.80. The van der Waals surface area contributed by atoms with Gasteiger partial charge in [-0.1, -0.05) is 37.7 Å². The minimum Gasteiger partial charge on any atom is -0.205 e. The zero-order valence-corrected chi connectivity index (χ0v) is 17.4. The number of nitrogens with zero attached hydrogens (tertiary/aromatic N) is 1. The van der Waals surface area contributed by atoms with E-state index in [1.165, 1.54) is 50.7 Å². The molecule has 3 rings (SSSR count). The molecule has 1 aromatic rings. The fourth-order valence-electron chi connectivity index (χ4n) is 4.93. The molecule has 2 aliphatic rings. The van der Waals surface area contributed by atoms with E-state index in [9.17, 15) is 8.78 Å². The minimum absolute atomic E-state index is 0.152. The lowest BCUT2D eigenvalue weighted by Crippen LogP contribution is -2.13. The molecule has 0 amide bonds. The van der Waals surface area contributed by atoms with Gasteiger partial charge < -0.3 is 0 Å². The van der Waals surface area contributed by atoms with E-state index >= 15 is 0 Å². The van der Waals surface area contributed by atoms with Crippen molar-refractivity contribution in [3.8, 4) is 17.9 Å². The van der Waals surface area contributed by atoms with Crippen LogP contribution >= 0.6 is 0 Å². The summed E-state index contributed by atoms with van der Waals surface area (Å²) in [6, 6.07) is 4.25. The van der Waals surface area contributed by atoms with E-state index in [4.69, 9.17) is 5.26 Å². The van der Waals surface area contributed by atoms with Gasteiger partial charge in [0.05, 0.1) is 0 Å². The molecule has 154 valence electrons. The molecule has 0 heterocycles. The summed E-state index contributed by atoms with van der Waals surface area (Å²) in [4.78, 5) is 0. The Bertz CT molecular complexity index is 784. The van der Waals surface area contributed by atoms with Gasteiger partial charge >= 0.3 is 0 Å². The van der Waals surface area contributed by atoms with Crippen LogP contribution in [0.1, 0.15) is 88.2 Å². The number of rotatable bonds is 4. The first-order valence-corrected chi connectivity index (χ1v) is 11.2. The summed E-state index contributed by atoms with van der Waals surface area (Å²) in [5.41, 5.74) is 0.183. The van der Waals surface area contributed by atoms with Gasteiger partial charge in [0.2, 0.25) is 0 Å². The second-order valence-electron chi connectivity index (χ2n) is 8.74. The summed E-state index contributed by atoms with van der Waals surface area (Å²) in [6.07, 6.45) is 16.0. The molecule has 2 saturated carbocycles. The maximum absolute atomic E-state index is 13.9. The average molecular weight is 396 g/mol. The van der Waals surface area contributed by atoms with E-state index in [1.54, 1.807) is 6.07 Å². The number of halogens is 2. The van der Waals surface area contributed by atoms with Crippen LogP contribution in [0.2, 0.25) is 0 Å². The van der Waals surface area contributed by atoms with Crippen LogP contribution in [-0.4, -0.2) is 0 Å². The van der Waals surface area contributed by atoms with Gasteiger partial charge in [0.1, 0.15) is 23.3 Å². The molecule has 1 aromatic carbocycles. The van der Waals surface area contributed by atoms with Crippen LogP contribution in [0, 0.1) is 52.6 Å². The Balaban J connectivity index is 1.46. The lowest BCUT2D eigenvalue weighted by Gasteiger charge is -2.26. The fraction of sp³-hybridized carbons (Fsp3) is 0.577. The molecular weight excluding hydrogens is 364 g/mol. The maximum atomic E-state index is 13.9. The van der Waals surface area contributed by atoms with Crippen LogP contribution in [0.15, 0.2) is 24.3 Å². The molecule has 0 spiro atoms. The first kappa shape index (κ1) is 21.6. The van der Waals surface area contributed by atoms with Crippen molar-refractivity contribution >= 4 is 0 Å². The third-order valence-electron chi connectivity index (χ3n) is 6.70. The molecule has 3 heteroatoms. The van der Waals surface area contributed by atoms with Crippen LogP contribution in [-0.2, 0) is 0 Å². The smallest absolute Gasteiger partial charge is 0.144 e. The molecule has 0 aliphatic heterocycles. The standard InChI is InChI=1S/C26H31F2N/c1-2-5-19-8-10-20(11-9-19)6-3-4-7-21-12-14-22(15-13-21)23-16-25(27)24(18-29)26(28)17-23/h3,6,16-17,19-22H,2,5,8-15H2,1H3/b6-3+/t19-,20-,21-,22-. The first-order chi connectivity index (χ1) is 14.1. The van der Waals surface area contributed by atoms with Crippen molar-refractivity contribution < 1.29 is 8.78 Å². The molecule has 2 aliphatic carbocycles. The van der Waals surface area contributed by atoms with Crippen molar-refractivity contribution in [2.45, 2.75) is 77.0 Å². The maximum Gasteiger partial charge on any atom is 0.144 e. The van der Waals surface area contributed by atoms with Gasteiger partial charge in [0.15, 0.2) is 0 Å². The second-order valence-corrected chi connectivity index (χ2v) is 8.74. The number of hydrogen-bond acceptors (Lipinski definition) is 1. The highest BCUT2D eigenvalue weighted by molar-refractivity contribution is 5.36. The Labute approximate surface area is 174 Å². The van der Waals surface area contributed by atoms with Crippen molar-refractivity contribution in [2.24, 2.45) is 17.8 Å². The molecule has 0 unspecified atom stereocenters. The number of hydrogen-bond donors (Lipinski definition) is 0. The molecule has 0 atom stereocenters.